The number of carbonyl (C=O) groups excluding carboxylic acids is 1. The fourth-order valence-electron chi connectivity index (χ4n) is 3.04. The first-order valence-electron chi connectivity index (χ1n) is 9.67. The number of ketones is 1. The average molecular weight is 483 g/mol. The molecule has 0 aliphatic heterocycles. The zero-order valence-electron chi connectivity index (χ0n) is 17.6. The van der Waals surface area contributed by atoms with Gasteiger partial charge in [0, 0.05) is 24.5 Å². The van der Waals surface area contributed by atoms with E-state index in [1.54, 1.807) is 0 Å². The molecule has 3 aromatic rings. The first-order chi connectivity index (χ1) is 15.5. The standard InChI is InChI=1S/C19H20F3N7O3S/c1-10(2)7-28-14(23)13(16(31)25-17(28)32)12(30)8-33-18-27-26-15(11-3-5-24-6-4-11)29(18)9-19(20,21)22/h3-6,10H,7-9,23H2,1-2H3,(H,25,31,32). The zero-order valence-corrected chi connectivity index (χ0v) is 18.4. The number of anilines is 1. The van der Waals surface area contributed by atoms with E-state index in [1.807, 2.05) is 13.8 Å². The SMILES string of the molecule is CC(C)Cn1c(N)c(C(=O)CSc2nnc(-c3ccncc3)n2CC(F)(F)F)c(=O)[nH]c1=O. The Morgan fingerprint density at radius 1 is 1.18 bits per heavy atom. The Labute approximate surface area is 189 Å². The molecule has 14 heteroatoms. The summed E-state index contributed by atoms with van der Waals surface area (Å²) in [5.41, 5.74) is 4.14. The van der Waals surface area contributed by atoms with Gasteiger partial charge in [-0.2, -0.15) is 13.2 Å². The van der Waals surface area contributed by atoms with E-state index in [0.29, 0.717) is 17.3 Å². The summed E-state index contributed by atoms with van der Waals surface area (Å²) in [6.45, 7) is 2.44. The molecular formula is C19H20F3N7O3S. The molecule has 176 valence electrons. The molecule has 0 amide bonds. The van der Waals surface area contributed by atoms with Crippen LogP contribution in [-0.2, 0) is 13.1 Å². The number of H-pyrrole nitrogens is 1. The molecule has 3 heterocycles. The molecule has 0 bridgehead atoms. The first-order valence-corrected chi connectivity index (χ1v) is 10.7. The molecule has 10 nitrogen and oxygen atoms in total. The second-order valence-corrected chi connectivity index (χ2v) is 8.42. The molecule has 0 unspecified atom stereocenters. The number of aromatic nitrogens is 6. The van der Waals surface area contributed by atoms with Gasteiger partial charge in [0.05, 0.1) is 5.75 Å². The predicted octanol–water partition coefficient (Wildman–Crippen LogP) is 1.97. The highest BCUT2D eigenvalue weighted by Gasteiger charge is 2.32. The molecule has 33 heavy (non-hydrogen) atoms. The highest BCUT2D eigenvalue weighted by atomic mass is 32.2. The van der Waals surface area contributed by atoms with Crippen molar-refractivity contribution < 1.29 is 18.0 Å². The first kappa shape index (κ1) is 24.2. The number of alkyl halides is 3. The maximum atomic E-state index is 13.2. The summed E-state index contributed by atoms with van der Waals surface area (Å²) in [4.78, 5) is 42.9. The number of carbonyl (C=O) groups is 1. The van der Waals surface area contributed by atoms with Crippen LogP contribution in [0.3, 0.4) is 0 Å². The van der Waals surface area contributed by atoms with Gasteiger partial charge < -0.3 is 5.73 Å². The Balaban J connectivity index is 1.92. The normalized spacial score (nSPS) is 11.8. The minimum atomic E-state index is -4.57. The predicted molar refractivity (Wildman–Crippen MR) is 115 cm³/mol. The van der Waals surface area contributed by atoms with Crippen LogP contribution >= 0.6 is 11.8 Å². The van der Waals surface area contributed by atoms with Crippen LogP contribution in [0.25, 0.3) is 11.4 Å². The third kappa shape index (κ3) is 5.69. The molecule has 0 aromatic carbocycles. The van der Waals surface area contributed by atoms with Crippen molar-refractivity contribution in [3.05, 3.63) is 50.9 Å². The molecule has 3 N–H and O–H groups in total. The van der Waals surface area contributed by atoms with Crippen LogP contribution in [0.2, 0.25) is 0 Å². The van der Waals surface area contributed by atoms with Gasteiger partial charge in [-0.1, -0.05) is 25.6 Å². The lowest BCUT2D eigenvalue weighted by atomic mass is 10.2. The van der Waals surface area contributed by atoms with Gasteiger partial charge in [-0.25, -0.2) is 4.79 Å². The van der Waals surface area contributed by atoms with Gasteiger partial charge in [0.2, 0.25) is 0 Å². The van der Waals surface area contributed by atoms with Crippen LogP contribution in [0, 0.1) is 5.92 Å². The number of nitrogens with two attached hydrogens (primary N) is 1. The highest BCUT2D eigenvalue weighted by Crippen LogP contribution is 2.28. The van der Waals surface area contributed by atoms with Gasteiger partial charge in [-0.05, 0) is 18.1 Å². The van der Waals surface area contributed by atoms with Crippen molar-refractivity contribution in [2.75, 3.05) is 11.5 Å². The van der Waals surface area contributed by atoms with E-state index < -0.39 is 41.1 Å². The monoisotopic (exact) mass is 483 g/mol. The molecular weight excluding hydrogens is 463 g/mol. The van der Waals surface area contributed by atoms with Crippen molar-refractivity contribution in [1.29, 1.82) is 0 Å². The molecule has 0 aliphatic carbocycles. The molecule has 0 fully saturated rings. The van der Waals surface area contributed by atoms with Crippen LogP contribution in [0.1, 0.15) is 24.2 Å². The zero-order chi connectivity index (χ0) is 24.3. The third-order valence-corrected chi connectivity index (χ3v) is 5.36. The number of hydrogen-bond donors (Lipinski definition) is 2. The molecule has 0 atom stereocenters. The van der Waals surface area contributed by atoms with E-state index in [0.717, 1.165) is 9.13 Å². The fraction of sp³-hybridized carbons (Fsp3) is 0.368. The van der Waals surface area contributed by atoms with Crippen molar-refractivity contribution in [2.24, 2.45) is 5.92 Å². The van der Waals surface area contributed by atoms with Crippen LogP contribution in [0.4, 0.5) is 19.0 Å². The van der Waals surface area contributed by atoms with E-state index in [1.165, 1.54) is 24.5 Å². The number of rotatable bonds is 8. The summed E-state index contributed by atoms with van der Waals surface area (Å²) in [5.74, 6) is -1.55. The summed E-state index contributed by atoms with van der Waals surface area (Å²) in [7, 11) is 0. The summed E-state index contributed by atoms with van der Waals surface area (Å²) >= 11 is 0.676. The van der Waals surface area contributed by atoms with Gasteiger partial charge in [-0.15, -0.1) is 10.2 Å². The molecule has 3 rings (SSSR count). The number of Topliss-reactive ketones (excluding diaryl/α,β-unsaturated/α-hetero) is 1. The van der Waals surface area contributed by atoms with Gasteiger partial charge >= 0.3 is 11.9 Å². The van der Waals surface area contributed by atoms with Crippen LogP contribution in [-0.4, -0.2) is 47.0 Å². The summed E-state index contributed by atoms with van der Waals surface area (Å²) in [6, 6.07) is 2.96. The van der Waals surface area contributed by atoms with Crippen molar-refractivity contribution in [3.8, 4) is 11.4 Å². The third-order valence-electron chi connectivity index (χ3n) is 4.39. The lowest BCUT2D eigenvalue weighted by Gasteiger charge is -2.14. The van der Waals surface area contributed by atoms with Gasteiger partial charge in [0.1, 0.15) is 17.9 Å². The molecule has 0 aliphatic rings. The number of nitrogens with one attached hydrogen (secondary N) is 1. The Hall–Kier alpha value is -3.42. The van der Waals surface area contributed by atoms with Crippen molar-refractivity contribution >= 4 is 23.4 Å². The Bertz CT molecular complexity index is 1270. The number of thioether (sulfide) groups is 1. The van der Waals surface area contributed by atoms with Gasteiger partial charge in [-0.3, -0.25) is 28.7 Å². The Morgan fingerprint density at radius 3 is 2.45 bits per heavy atom. The number of pyridine rings is 1. The highest BCUT2D eigenvalue weighted by molar-refractivity contribution is 7.99. The summed E-state index contributed by atoms with van der Waals surface area (Å²) in [6.07, 6.45) is -1.77. The maximum absolute atomic E-state index is 13.2. The van der Waals surface area contributed by atoms with E-state index in [4.69, 9.17) is 5.73 Å². The minimum absolute atomic E-state index is 0.000700. The maximum Gasteiger partial charge on any atom is 0.406 e. The number of halogens is 3. The topological polar surface area (TPSA) is 142 Å². The lowest BCUT2D eigenvalue weighted by Crippen LogP contribution is -2.37. The van der Waals surface area contributed by atoms with Gasteiger partial charge in [0.25, 0.3) is 5.56 Å². The molecule has 3 aromatic heterocycles. The van der Waals surface area contributed by atoms with Crippen molar-refractivity contribution in [1.82, 2.24) is 29.3 Å². The molecule has 0 radical (unpaired) electrons. The van der Waals surface area contributed by atoms with Crippen molar-refractivity contribution in [2.45, 2.75) is 38.3 Å². The Kier molecular flexibility index (Phi) is 7.05. The van der Waals surface area contributed by atoms with Crippen molar-refractivity contribution in [3.63, 3.8) is 0 Å². The number of hydrogen-bond acceptors (Lipinski definition) is 8. The molecule has 0 saturated heterocycles. The minimum Gasteiger partial charge on any atom is -0.384 e. The van der Waals surface area contributed by atoms with E-state index in [-0.39, 0.29) is 29.3 Å². The summed E-state index contributed by atoms with van der Waals surface area (Å²) in [5, 5.41) is 7.45. The van der Waals surface area contributed by atoms with E-state index in [2.05, 4.69) is 20.2 Å². The van der Waals surface area contributed by atoms with Crippen LogP contribution in [0.5, 0.6) is 0 Å². The Morgan fingerprint density at radius 2 is 1.85 bits per heavy atom. The smallest absolute Gasteiger partial charge is 0.384 e. The van der Waals surface area contributed by atoms with Crippen LogP contribution < -0.4 is 17.0 Å². The second kappa shape index (κ2) is 9.60. The molecule has 0 saturated carbocycles. The number of nitrogen functional groups attached to an aromatic ring is 1. The fourth-order valence-corrected chi connectivity index (χ4v) is 3.85. The molecule has 0 spiro atoms. The number of aromatic amines is 1. The largest absolute Gasteiger partial charge is 0.406 e. The van der Waals surface area contributed by atoms with Gasteiger partial charge in [0.15, 0.2) is 16.8 Å². The average Bonchev–Trinajstić information content (AvgIpc) is 3.10. The second-order valence-electron chi connectivity index (χ2n) is 7.48. The quantitative estimate of drug-likeness (QED) is 0.366. The lowest BCUT2D eigenvalue weighted by molar-refractivity contribution is -0.141. The number of nitrogens with zero attached hydrogens (tertiary/aromatic N) is 5. The van der Waals surface area contributed by atoms with E-state index >= 15 is 0 Å². The summed E-state index contributed by atoms with van der Waals surface area (Å²) < 4.78 is 41.5. The van der Waals surface area contributed by atoms with E-state index in [9.17, 15) is 27.6 Å². The van der Waals surface area contributed by atoms with Crippen LogP contribution in [0.15, 0.2) is 39.3 Å².